The fourth-order valence-corrected chi connectivity index (χ4v) is 5.39. The van der Waals surface area contributed by atoms with E-state index in [0.717, 1.165) is 42.8 Å². The number of carbonyl (C=O) groups excluding carboxylic acids is 1. The highest BCUT2D eigenvalue weighted by molar-refractivity contribution is 7.89. The topological polar surface area (TPSA) is 87.7 Å². The van der Waals surface area contributed by atoms with Crippen LogP contribution in [0.25, 0.3) is 0 Å². The minimum Gasteiger partial charge on any atom is -0.497 e. The van der Waals surface area contributed by atoms with Crippen molar-refractivity contribution in [1.82, 2.24) is 14.9 Å². The molecule has 2 aromatic rings. The van der Waals surface area contributed by atoms with Crippen LogP contribution in [0.15, 0.2) is 47.4 Å². The highest BCUT2D eigenvalue weighted by Crippen LogP contribution is 2.27. The van der Waals surface area contributed by atoms with Crippen molar-refractivity contribution in [2.45, 2.75) is 44.0 Å². The Morgan fingerprint density at radius 1 is 1.12 bits per heavy atom. The van der Waals surface area contributed by atoms with Crippen LogP contribution in [0.2, 0.25) is 0 Å². The molecule has 1 aliphatic rings. The van der Waals surface area contributed by atoms with Gasteiger partial charge in [0.1, 0.15) is 5.75 Å². The fourth-order valence-electron chi connectivity index (χ4n) is 4.03. The number of hydrogen-bond acceptors (Lipinski definition) is 5. The smallest absolute Gasteiger partial charge is 0.240 e. The molecule has 1 aliphatic heterocycles. The Hall–Kier alpha value is -2.42. The van der Waals surface area contributed by atoms with Crippen molar-refractivity contribution in [2.75, 3.05) is 33.3 Å². The molecular formula is C24H33N3O4S. The van der Waals surface area contributed by atoms with Crippen molar-refractivity contribution in [2.24, 2.45) is 0 Å². The SMILES string of the molecule is COc1cccc([C@@H](CNC(=O)CCNS(=O)(=O)c2cc(C)ccc2C)N2CCCC2)c1. The molecule has 3 rings (SSSR count). The molecule has 0 spiro atoms. The molecule has 7 nitrogen and oxygen atoms in total. The highest BCUT2D eigenvalue weighted by atomic mass is 32.2. The number of nitrogens with one attached hydrogen (secondary N) is 2. The summed E-state index contributed by atoms with van der Waals surface area (Å²) >= 11 is 0. The van der Waals surface area contributed by atoms with Gasteiger partial charge in [0, 0.05) is 19.5 Å². The summed E-state index contributed by atoms with van der Waals surface area (Å²) in [5.74, 6) is 0.611. The molecule has 1 amide bonds. The Morgan fingerprint density at radius 2 is 1.88 bits per heavy atom. The standard InChI is InChI=1S/C24H33N3O4S/c1-18-9-10-19(2)23(15-18)32(29,30)26-12-11-24(28)25-17-22(27-13-4-5-14-27)20-7-6-8-21(16-20)31-3/h6-10,15-16,22,26H,4-5,11-14,17H2,1-3H3,(H,25,28)/t22-/m1/s1. The molecular weight excluding hydrogens is 426 g/mol. The zero-order valence-electron chi connectivity index (χ0n) is 19.1. The average molecular weight is 460 g/mol. The van der Waals surface area contributed by atoms with Crippen molar-refractivity contribution < 1.29 is 17.9 Å². The first-order valence-corrected chi connectivity index (χ1v) is 12.5. The van der Waals surface area contributed by atoms with Gasteiger partial charge in [-0.05, 0) is 74.7 Å². The molecule has 174 valence electrons. The van der Waals surface area contributed by atoms with Crippen LogP contribution >= 0.6 is 0 Å². The number of hydrogen-bond donors (Lipinski definition) is 2. The van der Waals surface area contributed by atoms with Gasteiger partial charge in [-0.2, -0.15) is 0 Å². The van der Waals surface area contributed by atoms with E-state index in [1.807, 2.05) is 31.2 Å². The average Bonchev–Trinajstić information content (AvgIpc) is 3.30. The monoisotopic (exact) mass is 459 g/mol. The van der Waals surface area contributed by atoms with Crippen molar-refractivity contribution >= 4 is 15.9 Å². The summed E-state index contributed by atoms with van der Waals surface area (Å²) in [5, 5.41) is 2.99. The Labute approximate surface area is 191 Å². The third kappa shape index (κ3) is 6.31. The van der Waals surface area contributed by atoms with Crippen LogP contribution in [0, 0.1) is 13.8 Å². The molecule has 2 aromatic carbocycles. The Kier molecular flexibility index (Phi) is 8.28. The third-order valence-corrected chi connectivity index (χ3v) is 7.43. The quantitative estimate of drug-likeness (QED) is 0.570. The van der Waals surface area contributed by atoms with Gasteiger partial charge in [-0.1, -0.05) is 24.3 Å². The van der Waals surface area contributed by atoms with Crippen LogP contribution in [0.4, 0.5) is 0 Å². The number of carbonyl (C=O) groups is 1. The lowest BCUT2D eigenvalue weighted by atomic mass is 10.0. The van der Waals surface area contributed by atoms with Gasteiger partial charge >= 0.3 is 0 Å². The number of benzene rings is 2. The summed E-state index contributed by atoms with van der Waals surface area (Å²) in [5.41, 5.74) is 2.65. The summed E-state index contributed by atoms with van der Waals surface area (Å²) in [4.78, 5) is 15.1. The van der Waals surface area contributed by atoms with E-state index in [0.29, 0.717) is 12.1 Å². The minimum atomic E-state index is -3.66. The summed E-state index contributed by atoms with van der Waals surface area (Å²) in [6.07, 6.45) is 2.37. The van der Waals surface area contributed by atoms with Crippen LogP contribution in [-0.2, 0) is 14.8 Å². The van der Waals surface area contributed by atoms with E-state index < -0.39 is 10.0 Å². The second kappa shape index (κ2) is 10.9. The van der Waals surface area contributed by atoms with Crippen LogP contribution in [0.3, 0.4) is 0 Å². The van der Waals surface area contributed by atoms with E-state index in [2.05, 4.69) is 21.0 Å². The van der Waals surface area contributed by atoms with Crippen molar-refractivity contribution in [3.8, 4) is 5.75 Å². The predicted molar refractivity (Wildman–Crippen MR) is 125 cm³/mol. The molecule has 1 fully saturated rings. The fraction of sp³-hybridized carbons (Fsp3) is 0.458. The molecule has 32 heavy (non-hydrogen) atoms. The van der Waals surface area contributed by atoms with Gasteiger partial charge in [-0.3, -0.25) is 9.69 Å². The molecule has 1 atom stereocenters. The van der Waals surface area contributed by atoms with Gasteiger partial charge in [-0.15, -0.1) is 0 Å². The van der Waals surface area contributed by atoms with E-state index in [1.54, 1.807) is 26.2 Å². The number of methoxy groups -OCH3 is 1. The molecule has 0 aliphatic carbocycles. The number of sulfonamides is 1. The summed E-state index contributed by atoms with van der Waals surface area (Å²) in [6.45, 7) is 6.12. The van der Waals surface area contributed by atoms with Gasteiger partial charge in [0.15, 0.2) is 0 Å². The van der Waals surface area contributed by atoms with Crippen molar-refractivity contribution in [1.29, 1.82) is 0 Å². The van der Waals surface area contributed by atoms with E-state index in [-0.39, 0.29) is 29.8 Å². The van der Waals surface area contributed by atoms with Gasteiger partial charge < -0.3 is 10.1 Å². The van der Waals surface area contributed by atoms with E-state index in [1.165, 1.54) is 0 Å². The van der Waals surface area contributed by atoms with Crippen LogP contribution in [-0.4, -0.2) is 52.5 Å². The van der Waals surface area contributed by atoms with Gasteiger partial charge in [0.2, 0.25) is 15.9 Å². The summed E-state index contributed by atoms with van der Waals surface area (Å²) in [7, 11) is -2.01. The van der Waals surface area contributed by atoms with Gasteiger partial charge in [0.25, 0.3) is 0 Å². The predicted octanol–water partition coefficient (Wildman–Crippen LogP) is 2.93. The minimum absolute atomic E-state index is 0.0507. The Morgan fingerprint density at radius 3 is 2.59 bits per heavy atom. The van der Waals surface area contributed by atoms with Crippen LogP contribution < -0.4 is 14.8 Å². The molecule has 0 bridgehead atoms. The molecule has 1 heterocycles. The van der Waals surface area contributed by atoms with Crippen LogP contribution in [0.1, 0.15) is 42.0 Å². The third-order valence-electron chi connectivity index (χ3n) is 5.83. The first-order valence-electron chi connectivity index (χ1n) is 11.0. The molecule has 0 saturated carbocycles. The number of likely N-dealkylation sites (tertiary alicyclic amines) is 1. The van der Waals surface area contributed by atoms with E-state index in [9.17, 15) is 13.2 Å². The lowest BCUT2D eigenvalue weighted by molar-refractivity contribution is -0.121. The van der Waals surface area contributed by atoms with Crippen molar-refractivity contribution in [3.05, 3.63) is 59.2 Å². The molecule has 2 N–H and O–H groups in total. The zero-order valence-corrected chi connectivity index (χ0v) is 19.9. The largest absolute Gasteiger partial charge is 0.497 e. The highest BCUT2D eigenvalue weighted by Gasteiger charge is 2.24. The van der Waals surface area contributed by atoms with E-state index in [4.69, 9.17) is 4.74 Å². The maximum Gasteiger partial charge on any atom is 0.240 e. The first-order chi connectivity index (χ1) is 15.3. The summed E-state index contributed by atoms with van der Waals surface area (Å²) in [6, 6.07) is 13.3. The second-order valence-electron chi connectivity index (χ2n) is 8.26. The van der Waals surface area contributed by atoms with Gasteiger partial charge in [0.05, 0.1) is 18.0 Å². The Bertz CT molecular complexity index is 1030. The maximum atomic E-state index is 12.6. The molecule has 8 heteroatoms. The zero-order chi connectivity index (χ0) is 23.1. The number of amides is 1. The normalized spacial score (nSPS) is 15.5. The molecule has 0 radical (unpaired) electrons. The number of aryl methyl sites for hydroxylation is 2. The molecule has 0 aromatic heterocycles. The Balaban J connectivity index is 1.56. The lowest BCUT2D eigenvalue weighted by Gasteiger charge is -2.28. The van der Waals surface area contributed by atoms with Gasteiger partial charge in [-0.25, -0.2) is 13.1 Å². The van der Waals surface area contributed by atoms with Crippen LogP contribution in [0.5, 0.6) is 5.75 Å². The lowest BCUT2D eigenvalue weighted by Crippen LogP contribution is -2.38. The maximum absolute atomic E-state index is 12.6. The first kappa shape index (κ1) is 24.2. The second-order valence-corrected chi connectivity index (χ2v) is 9.99. The molecule has 0 unspecified atom stereocenters. The molecule has 1 saturated heterocycles. The number of ether oxygens (including phenoxy) is 1. The summed E-state index contributed by atoms with van der Waals surface area (Å²) < 4.78 is 33.1. The number of rotatable bonds is 10. The van der Waals surface area contributed by atoms with Crippen molar-refractivity contribution in [3.63, 3.8) is 0 Å². The van der Waals surface area contributed by atoms with E-state index >= 15 is 0 Å². The number of nitrogens with zero attached hydrogens (tertiary/aromatic N) is 1.